The van der Waals surface area contributed by atoms with E-state index < -0.39 is 0 Å². The number of rotatable bonds is 5. The van der Waals surface area contributed by atoms with Crippen molar-refractivity contribution < 1.29 is 14.3 Å². The molecule has 1 aromatic carbocycles. The first kappa shape index (κ1) is 14.4. The van der Waals surface area contributed by atoms with E-state index in [-0.39, 0.29) is 18.1 Å². The van der Waals surface area contributed by atoms with Crippen LogP contribution in [0.4, 0.5) is 10.5 Å². The third-order valence-corrected chi connectivity index (χ3v) is 3.42. The zero-order valence-corrected chi connectivity index (χ0v) is 11.9. The van der Waals surface area contributed by atoms with Gasteiger partial charge in [-0.1, -0.05) is 25.1 Å². The number of amides is 2. The molecule has 1 saturated heterocycles. The monoisotopic (exact) mass is 276 g/mol. The summed E-state index contributed by atoms with van der Waals surface area (Å²) in [5.41, 5.74) is 1.98. The van der Waals surface area contributed by atoms with Crippen molar-refractivity contribution in [1.29, 1.82) is 0 Å². The highest BCUT2D eigenvalue weighted by Gasteiger charge is 2.28. The van der Waals surface area contributed by atoms with Gasteiger partial charge in [-0.3, -0.25) is 4.79 Å². The van der Waals surface area contributed by atoms with Gasteiger partial charge < -0.3 is 15.0 Å². The summed E-state index contributed by atoms with van der Waals surface area (Å²) in [7, 11) is 1.69. The van der Waals surface area contributed by atoms with Crippen molar-refractivity contribution in [3.63, 3.8) is 0 Å². The minimum atomic E-state index is -0.313. The second kappa shape index (κ2) is 6.41. The molecule has 1 unspecified atom stereocenters. The first-order chi connectivity index (χ1) is 9.60. The van der Waals surface area contributed by atoms with Crippen molar-refractivity contribution in [2.75, 3.05) is 18.9 Å². The molecule has 2 amide bonds. The van der Waals surface area contributed by atoms with Crippen LogP contribution in [-0.2, 0) is 16.0 Å². The second-order valence-corrected chi connectivity index (χ2v) is 4.98. The van der Waals surface area contributed by atoms with Crippen LogP contribution in [0.2, 0.25) is 0 Å². The quantitative estimate of drug-likeness (QED) is 0.898. The summed E-state index contributed by atoms with van der Waals surface area (Å²) >= 11 is 0. The number of carbonyl (C=O) groups is 2. The van der Waals surface area contributed by atoms with E-state index in [0.717, 1.165) is 17.7 Å². The van der Waals surface area contributed by atoms with Crippen molar-refractivity contribution >= 4 is 17.7 Å². The van der Waals surface area contributed by atoms with Gasteiger partial charge in [0, 0.05) is 19.2 Å². The van der Waals surface area contributed by atoms with Gasteiger partial charge in [0.15, 0.2) is 0 Å². The molecule has 1 atom stereocenters. The summed E-state index contributed by atoms with van der Waals surface area (Å²) < 4.78 is 5.13. The smallest absolute Gasteiger partial charge is 0.409 e. The number of ether oxygens (including phenoxy) is 1. The lowest BCUT2D eigenvalue weighted by atomic mass is 10.1. The molecular weight excluding hydrogens is 256 g/mol. The number of nitrogens with zero attached hydrogens (tertiary/aromatic N) is 1. The van der Waals surface area contributed by atoms with Crippen LogP contribution in [-0.4, -0.2) is 36.6 Å². The average Bonchev–Trinajstić information content (AvgIpc) is 2.76. The molecule has 0 bridgehead atoms. The summed E-state index contributed by atoms with van der Waals surface area (Å²) in [6, 6.07) is 7.77. The average molecular weight is 276 g/mol. The predicted octanol–water partition coefficient (Wildman–Crippen LogP) is 2.42. The van der Waals surface area contributed by atoms with Crippen LogP contribution >= 0.6 is 0 Å². The molecule has 1 N–H and O–H groups in total. The fraction of sp³-hybridized carbons (Fsp3) is 0.467. The van der Waals surface area contributed by atoms with Gasteiger partial charge >= 0.3 is 6.09 Å². The van der Waals surface area contributed by atoms with Crippen LogP contribution in [0.5, 0.6) is 0 Å². The Morgan fingerprint density at radius 2 is 2.20 bits per heavy atom. The number of para-hydroxylation sites is 1. The summed E-state index contributed by atoms with van der Waals surface area (Å²) in [5.74, 6) is -0.0449. The Bertz CT molecular complexity index is 502. The van der Waals surface area contributed by atoms with Gasteiger partial charge in [0.1, 0.15) is 6.10 Å². The molecule has 0 aliphatic carbocycles. The topological polar surface area (TPSA) is 58.6 Å². The van der Waals surface area contributed by atoms with Crippen LogP contribution in [0.1, 0.15) is 25.3 Å². The van der Waals surface area contributed by atoms with Gasteiger partial charge in [-0.15, -0.1) is 0 Å². The summed E-state index contributed by atoms with van der Waals surface area (Å²) in [4.78, 5) is 24.7. The van der Waals surface area contributed by atoms with Crippen LogP contribution in [0.3, 0.4) is 0 Å². The molecule has 5 nitrogen and oxygen atoms in total. The SMILES string of the molecule is CCc1ccccc1NC(=O)CCC1CN(C)C(=O)O1. The zero-order chi connectivity index (χ0) is 14.5. The maximum absolute atomic E-state index is 11.9. The Hall–Kier alpha value is -2.04. The van der Waals surface area contributed by atoms with Gasteiger partial charge in [0.25, 0.3) is 0 Å². The lowest BCUT2D eigenvalue weighted by molar-refractivity contribution is -0.116. The van der Waals surface area contributed by atoms with Crippen molar-refractivity contribution in [2.24, 2.45) is 0 Å². The molecule has 0 radical (unpaired) electrons. The number of aryl methyl sites for hydroxylation is 1. The lowest BCUT2D eigenvalue weighted by Crippen LogP contribution is -2.20. The Balaban J connectivity index is 1.82. The molecule has 1 aromatic rings. The Labute approximate surface area is 118 Å². The van der Waals surface area contributed by atoms with Crippen LogP contribution in [0.15, 0.2) is 24.3 Å². The van der Waals surface area contributed by atoms with Crippen LogP contribution in [0, 0.1) is 0 Å². The molecule has 1 fully saturated rings. The number of benzene rings is 1. The number of hydrogen-bond donors (Lipinski definition) is 1. The van der Waals surface area contributed by atoms with E-state index in [1.54, 1.807) is 7.05 Å². The number of cyclic esters (lactones) is 1. The number of hydrogen-bond acceptors (Lipinski definition) is 3. The van der Waals surface area contributed by atoms with Crippen molar-refractivity contribution in [3.8, 4) is 0 Å². The van der Waals surface area contributed by atoms with Gasteiger partial charge in [-0.25, -0.2) is 4.79 Å². The Morgan fingerprint density at radius 1 is 1.45 bits per heavy atom. The number of anilines is 1. The molecule has 2 rings (SSSR count). The van der Waals surface area contributed by atoms with Gasteiger partial charge in [0.05, 0.1) is 6.54 Å². The van der Waals surface area contributed by atoms with E-state index in [2.05, 4.69) is 12.2 Å². The normalized spacial score (nSPS) is 18.0. The molecule has 0 spiro atoms. The minimum absolute atomic E-state index is 0.0449. The van der Waals surface area contributed by atoms with Gasteiger partial charge in [0.2, 0.25) is 5.91 Å². The first-order valence-corrected chi connectivity index (χ1v) is 6.89. The maximum atomic E-state index is 11.9. The van der Waals surface area contributed by atoms with Gasteiger partial charge in [-0.2, -0.15) is 0 Å². The summed E-state index contributed by atoms with van der Waals surface area (Å²) in [6.07, 6.45) is 1.29. The highest BCUT2D eigenvalue weighted by atomic mass is 16.6. The zero-order valence-electron chi connectivity index (χ0n) is 11.9. The van der Waals surface area contributed by atoms with Crippen LogP contribution in [0.25, 0.3) is 0 Å². The van der Waals surface area contributed by atoms with E-state index in [4.69, 9.17) is 4.74 Å². The van der Waals surface area contributed by atoms with Crippen molar-refractivity contribution in [1.82, 2.24) is 4.90 Å². The standard InChI is InChI=1S/C15H20N2O3/c1-3-11-6-4-5-7-13(11)16-14(18)9-8-12-10-17(2)15(19)20-12/h4-7,12H,3,8-10H2,1-2H3,(H,16,18). The number of nitrogens with one attached hydrogen (secondary N) is 1. The summed E-state index contributed by atoms with van der Waals surface area (Å²) in [6.45, 7) is 2.61. The molecule has 20 heavy (non-hydrogen) atoms. The molecule has 0 saturated carbocycles. The van der Waals surface area contributed by atoms with Crippen LogP contribution < -0.4 is 5.32 Å². The van der Waals surface area contributed by atoms with E-state index in [1.165, 1.54) is 4.90 Å². The van der Waals surface area contributed by atoms with Gasteiger partial charge in [-0.05, 0) is 24.5 Å². The predicted molar refractivity (Wildman–Crippen MR) is 76.6 cm³/mol. The minimum Gasteiger partial charge on any atom is -0.444 e. The molecule has 5 heteroatoms. The van der Waals surface area contributed by atoms with E-state index in [1.807, 2.05) is 24.3 Å². The van der Waals surface area contributed by atoms with E-state index in [9.17, 15) is 9.59 Å². The fourth-order valence-corrected chi connectivity index (χ4v) is 2.26. The highest BCUT2D eigenvalue weighted by Crippen LogP contribution is 2.17. The number of likely N-dealkylation sites (N-methyl/N-ethyl adjacent to an activating group) is 1. The number of carbonyl (C=O) groups excluding carboxylic acids is 2. The molecule has 108 valence electrons. The highest BCUT2D eigenvalue weighted by molar-refractivity contribution is 5.91. The molecule has 1 heterocycles. The van der Waals surface area contributed by atoms with E-state index in [0.29, 0.717) is 19.4 Å². The third kappa shape index (κ3) is 3.50. The largest absolute Gasteiger partial charge is 0.444 e. The molecule has 0 aromatic heterocycles. The summed E-state index contributed by atoms with van der Waals surface area (Å²) in [5, 5.41) is 2.91. The third-order valence-electron chi connectivity index (χ3n) is 3.42. The first-order valence-electron chi connectivity index (χ1n) is 6.89. The van der Waals surface area contributed by atoms with Crippen molar-refractivity contribution in [3.05, 3.63) is 29.8 Å². The van der Waals surface area contributed by atoms with E-state index >= 15 is 0 Å². The maximum Gasteiger partial charge on any atom is 0.409 e. The second-order valence-electron chi connectivity index (χ2n) is 4.98. The molecular formula is C15H20N2O3. The molecule has 1 aliphatic rings. The Kier molecular flexibility index (Phi) is 4.61. The van der Waals surface area contributed by atoms with Crippen molar-refractivity contribution in [2.45, 2.75) is 32.3 Å². The fourth-order valence-electron chi connectivity index (χ4n) is 2.26. The lowest BCUT2D eigenvalue weighted by Gasteiger charge is -2.11. The molecule has 1 aliphatic heterocycles. The Morgan fingerprint density at radius 3 is 2.85 bits per heavy atom.